The standard InChI is InChI=1S/C17H21Cl2N5O/c1-11-21-14(10-15(22-11)20-8-5-9-24(2)3)17(25)23-13-7-4-6-12(18)16(13)19/h4,6-7,10H,5,8-9H2,1-3H3,(H,23,25)(H,20,21,22). The Morgan fingerprint density at radius 3 is 2.72 bits per heavy atom. The Morgan fingerprint density at radius 1 is 1.24 bits per heavy atom. The van der Waals surface area contributed by atoms with E-state index in [4.69, 9.17) is 23.2 Å². The van der Waals surface area contributed by atoms with E-state index in [2.05, 4.69) is 25.5 Å². The summed E-state index contributed by atoms with van der Waals surface area (Å²) in [5, 5.41) is 6.61. The average Bonchev–Trinajstić information content (AvgIpc) is 2.55. The topological polar surface area (TPSA) is 70.2 Å². The molecule has 25 heavy (non-hydrogen) atoms. The number of nitrogens with zero attached hydrogens (tertiary/aromatic N) is 3. The van der Waals surface area contributed by atoms with E-state index in [0.29, 0.717) is 27.4 Å². The van der Waals surface area contributed by atoms with E-state index in [1.165, 1.54) is 0 Å². The number of rotatable bonds is 7. The van der Waals surface area contributed by atoms with Gasteiger partial charge in [0, 0.05) is 12.6 Å². The highest BCUT2D eigenvalue weighted by Gasteiger charge is 2.13. The second-order valence-electron chi connectivity index (χ2n) is 5.82. The molecule has 0 spiro atoms. The third kappa shape index (κ3) is 5.85. The fourth-order valence-corrected chi connectivity index (χ4v) is 2.52. The lowest BCUT2D eigenvalue weighted by Gasteiger charge is -2.12. The van der Waals surface area contributed by atoms with Crippen LogP contribution in [0.1, 0.15) is 22.7 Å². The molecule has 0 saturated heterocycles. The van der Waals surface area contributed by atoms with E-state index in [1.807, 2.05) is 14.1 Å². The van der Waals surface area contributed by atoms with Crippen LogP contribution in [0.3, 0.4) is 0 Å². The highest BCUT2D eigenvalue weighted by atomic mass is 35.5. The maximum atomic E-state index is 12.5. The van der Waals surface area contributed by atoms with Crippen LogP contribution >= 0.6 is 23.2 Å². The normalized spacial score (nSPS) is 10.8. The van der Waals surface area contributed by atoms with Gasteiger partial charge in [-0.15, -0.1) is 0 Å². The highest BCUT2D eigenvalue weighted by Crippen LogP contribution is 2.29. The molecule has 0 aliphatic rings. The number of amides is 1. The van der Waals surface area contributed by atoms with Crippen molar-refractivity contribution in [3.05, 3.63) is 45.8 Å². The van der Waals surface area contributed by atoms with Gasteiger partial charge in [-0.3, -0.25) is 4.79 Å². The summed E-state index contributed by atoms with van der Waals surface area (Å²) in [6, 6.07) is 6.67. The molecule has 0 bridgehead atoms. The molecule has 134 valence electrons. The maximum Gasteiger partial charge on any atom is 0.274 e. The minimum absolute atomic E-state index is 0.263. The van der Waals surface area contributed by atoms with Crippen LogP contribution in [0, 0.1) is 6.92 Å². The zero-order chi connectivity index (χ0) is 18.4. The zero-order valence-electron chi connectivity index (χ0n) is 14.4. The first kappa shape index (κ1) is 19.4. The zero-order valence-corrected chi connectivity index (χ0v) is 15.9. The number of carbonyl (C=O) groups excluding carboxylic acids is 1. The van der Waals surface area contributed by atoms with Gasteiger partial charge in [-0.1, -0.05) is 29.3 Å². The Bertz CT molecular complexity index is 752. The molecule has 6 nitrogen and oxygen atoms in total. The van der Waals surface area contributed by atoms with Crippen molar-refractivity contribution < 1.29 is 4.79 Å². The van der Waals surface area contributed by atoms with Crippen molar-refractivity contribution >= 4 is 40.6 Å². The van der Waals surface area contributed by atoms with Crippen molar-refractivity contribution in [3.8, 4) is 0 Å². The summed E-state index contributed by atoms with van der Waals surface area (Å²) in [7, 11) is 4.05. The Balaban J connectivity index is 2.07. The number of carbonyl (C=O) groups is 1. The third-order valence-corrected chi connectivity index (χ3v) is 4.18. The largest absolute Gasteiger partial charge is 0.370 e. The van der Waals surface area contributed by atoms with Gasteiger partial charge in [0.15, 0.2) is 0 Å². The molecule has 0 fully saturated rings. The molecule has 0 unspecified atom stereocenters. The predicted molar refractivity (Wildman–Crippen MR) is 103 cm³/mol. The van der Waals surface area contributed by atoms with Gasteiger partial charge in [-0.05, 0) is 46.1 Å². The Labute approximate surface area is 157 Å². The lowest BCUT2D eigenvalue weighted by atomic mass is 10.3. The number of hydrogen-bond acceptors (Lipinski definition) is 5. The van der Waals surface area contributed by atoms with Gasteiger partial charge < -0.3 is 15.5 Å². The molecule has 1 aromatic carbocycles. The average molecular weight is 382 g/mol. The van der Waals surface area contributed by atoms with E-state index in [-0.39, 0.29) is 11.6 Å². The molecular formula is C17H21Cl2N5O. The van der Waals surface area contributed by atoms with Crippen molar-refractivity contribution in [2.45, 2.75) is 13.3 Å². The van der Waals surface area contributed by atoms with Gasteiger partial charge in [-0.2, -0.15) is 0 Å². The first-order valence-electron chi connectivity index (χ1n) is 7.86. The van der Waals surface area contributed by atoms with E-state index in [0.717, 1.165) is 19.5 Å². The molecule has 2 N–H and O–H groups in total. The molecule has 0 aliphatic heterocycles. The first-order valence-corrected chi connectivity index (χ1v) is 8.62. The summed E-state index contributed by atoms with van der Waals surface area (Å²) >= 11 is 12.1. The van der Waals surface area contributed by atoms with Crippen LogP contribution in [0.25, 0.3) is 0 Å². The first-order chi connectivity index (χ1) is 11.9. The van der Waals surface area contributed by atoms with Gasteiger partial charge in [0.1, 0.15) is 17.3 Å². The van der Waals surface area contributed by atoms with E-state index >= 15 is 0 Å². The third-order valence-electron chi connectivity index (χ3n) is 3.36. The van der Waals surface area contributed by atoms with Crippen LogP contribution in [0.15, 0.2) is 24.3 Å². The molecule has 1 aromatic heterocycles. The molecule has 0 aliphatic carbocycles. The summed E-state index contributed by atoms with van der Waals surface area (Å²) in [5.74, 6) is 0.763. The summed E-state index contributed by atoms with van der Waals surface area (Å²) in [5.41, 5.74) is 0.703. The lowest BCUT2D eigenvalue weighted by Crippen LogP contribution is -2.18. The number of aromatic nitrogens is 2. The molecule has 2 rings (SSSR count). The SMILES string of the molecule is Cc1nc(NCCCN(C)C)cc(C(=O)Nc2cccc(Cl)c2Cl)n1. The maximum absolute atomic E-state index is 12.5. The minimum Gasteiger partial charge on any atom is -0.370 e. The van der Waals surface area contributed by atoms with Crippen molar-refractivity contribution in [1.82, 2.24) is 14.9 Å². The van der Waals surface area contributed by atoms with Crippen LogP contribution in [0.5, 0.6) is 0 Å². The Hall–Kier alpha value is -1.89. The number of anilines is 2. The fraction of sp³-hybridized carbons (Fsp3) is 0.353. The van der Waals surface area contributed by atoms with Gasteiger partial charge in [-0.25, -0.2) is 9.97 Å². The smallest absolute Gasteiger partial charge is 0.274 e. The lowest BCUT2D eigenvalue weighted by molar-refractivity contribution is 0.102. The van der Waals surface area contributed by atoms with E-state index in [9.17, 15) is 4.79 Å². The second kappa shape index (κ2) is 8.99. The summed E-state index contributed by atoms with van der Waals surface area (Å²) in [6.07, 6.45) is 0.968. The van der Waals surface area contributed by atoms with Crippen LogP contribution in [0.4, 0.5) is 11.5 Å². The van der Waals surface area contributed by atoms with E-state index < -0.39 is 0 Å². The number of hydrogen-bond donors (Lipinski definition) is 2. The Kier molecular flexibility index (Phi) is 6.99. The molecule has 0 saturated carbocycles. The molecule has 0 atom stereocenters. The van der Waals surface area contributed by atoms with Crippen molar-refractivity contribution in [2.75, 3.05) is 37.8 Å². The van der Waals surface area contributed by atoms with Gasteiger partial charge in [0.25, 0.3) is 5.91 Å². The van der Waals surface area contributed by atoms with Gasteiger partial charge in [0.05, 0.1) is 15.7 Å². The van der Waals surface area contributed by atoms with Crippen molar-refractivity contribution in [2.24, 2.45) is 0 Å². The van der Waals surface area contributed by atoms with Gasteiger partial charge >= 0.3 is 0 Å². The highest BCUT2D eigenvalue weighted by molar-refractivity contribution is 6.44. The fourth-order valence-electron chi connectivity index (χ4n) is 2.17. The van der Waals surface area contributed by atoms with Crippen molar-refractivity contribution in [3.63, 3.8) is 0 Å². The predicted octanol–water partition coefficient (Wildman–Crippen LogP) is 3.71. The van der Waals surface area contributed by atoms with E-state index in [1.54, 1.807) is 31.2 Å². The van der Waals surface area contributed by atoms with Gasteiger partial charge in [0.2, 0.25) is 0 Å². The second-order valence-corrected chi connectivity index (χ2v) is 6.61. The van der Waals surface area contributed by atoms with Crippen LogP contribution in [0.2, 0.25) is 10.0 Å². The summed E-state index contributed by atoms with van der Waals surface area (Å²) in [6.45, 7) is 3.47. The molecule has 1 amide bonds. The van der Waals surface area contributed by atoms with Crippen LogP contribution in [-0.2, 0) is 0 Å². The molecular weight excluding hydrogens is 361 g/mol. The number of halogens is 2. The summed E-state index contributed by atoms with van der Waals surface area (Å²) < 4.78 is 0. The van der Waals surface area contributed by atoms with Crippen LogP contribution in [-0.4, -0.2) is 48.0 Å². The number of aryl methyl sites for hydroxylation is 1. The molecule has 1 heterocycles. The van der Waals surface area contributed by atoms with Crippen molar-refractivity contribution in [1.29, 1.82) is 0 Å². The molecule has 0 radical (unpaired) electrons. The van der Waals surface area contributed by atoms with Crippen LogP contribution < -0.4 is 10.6 Å². The molecule has 8 heteroatoms. The quantitative estimate of drug-likeness (QED) is 0.715. The minimum atomic E-state index is -0.369. The monoisotopic (exact) mass is 381 g/mol. The number of benzene rings is 1. The number of nitrogens with one attached hydrogen (secondary N) is 2. The molecule has 2 aromatic rings. The Morgan fingerprint density at radius 2 is 2.00 bits per heavy atom. The summed E-state index contributed by atoms with van der Waals surface area (Å²) in [4.78, 5) is 23.1.